The highest BCUT2D eigenvalue weighted by molar-refractivity contribution is 9.10. The molecule has 3 heterocycles. The molecule has 0 saturated carbocycles. The first-order chi connectivity index (χ1) is 14.2. The van der Waals surface area contributed by atoms with E-state index >= 15 is 0 Å². The Labute approximate surface area is 189 Å². The molecular formula is C19H16BrCl2F2N5O. The second kappa shape index (κ2) is 8.20. The number of carbonyl (C=O) groups excluding carboxylic acids is 1. The highest BCUT2D eigenvalue weighted by atomic mass is 79.9. The lowest BCUT2D eigenvalue weighted by Crippen LogP contribution is -2.39. The fourth-order valence-corrected chi connectivity index (χ4v) is 4.53. The van der Waals surface area contributed by atoms with Gasteiger partial charge < -0.3 is 20.5 Å². The van der Waals surface area contributed by atoms with Crippen LogP contribution in [0.1, 0.15) is 12.8 Å². The van der Waals surface area contributed by atoms with E-state index in [1.807, 2.05) is 0 Å². The SMILES string of the molecule is O=C(Nc1cnc(N2CCC(F)(F)CC2)c(Cl)c1)Nc1c[nH]c2c(Br)cc(Cl)cc12. The van der Waals surface area contributed by atoms with Crippen molar-refractivity contribution in [3.8, 4) is 0 Å². The summed E-state index contributed by atoms with van der Waals surface area (Å²) in [6, 6.07) is 4.54. The van der Waals surface area contributed by atoms with E-state index in [2.05, 4.69) is 36.5 Å². The van der Waals surface area contributed by atoms with Crippen molar-refractivity contribution in [3.05, 3.63) is 45.1 Å². The summed E-state index contributed by atoms with van der Waals surface area (Å²) in [5.74, 6) is -2.22. The topological polar surface area (TPSA) is 73.1 Å². The number of anilines is 3. The number of nitrogens with one attached hydrogen (secondary N) is 3. The smallest absolute Gasteiger partial charge is 0.323 e. The second-order valence-electron chi connectivity index (χ2n) is 6.96. The van der Waals surface area contributed by atoms with E-state index in [-0.39, 0.29) is 31.0 Å². The monoisotopic (exact) mass is 517 g/mol. The molecule has 0 aliphatic carbocycles. The number of hydrogen-bond acceptors (Lipinski definition) is 3. The standard InChI is InChI=1S/C19H16BrCl2F2N5O/c20-13-6-10(21)5-12-15(9-25-16(12)13)28-18(30)27-11-7-14(22)17(26-8-11)29-3-1-19(23,24)2-4-29/h5-9,25H,1-4H2,(H2,27,28,30). The Kier molecular flexibility index (Phi) is 5.78. The van der Waals surface area contributed by atoms with Crippen LogP contribution in [0.4, 0.5) is 30.8 Å². The van der Waals surface area contributed by atoms with Gasteiger partial charge in [0.05, 0.1) is 28.1 Å². The molecule has 158 valence electrons. The van der Waals surface area contributed by atoms with E-state index in [0.29, 0.717) is 22.2 Å². The number of rotatable bonds is 3. The van der Waals surface area contributed by atoms with Gasteiger partial charge in [0.25, 0.3) is 5.92 Å². The van der Waals surface area contributed by atoms with Gasteiger partial charge in [-0.15, -0.1) is 0 Å². The summed E-state index contributed by atoms with van der Waals surface area (Å²) in [5, 5.41) is 6.97. The molecule has 0 atom stereocenters. The Morgan fingerprint density at radius 3 is 2.63 bits per heavy atom. The molecule has 1 saturated heterocycles. The van der Waals surface area contributed by atoms with E-state index < -0.39 is 12.0 Å². The quantitative estimate of drug-likeness (QED) is 0.370. The van der Waals surface area contributed by atoms with E-state index in [0.717, 1.165) is 15.4 Å². The first-order valence-electron chi connectivity index (χ1n) is 9.04. The van der Waals surface area contributed by atoms with Gasteiger partial charge in [-0.25, -0.2) is 18.6 Å². The summed E-state index contributed by atoms with van der Waals surface area (Å²) in [6.45, 7) is 0.345. The zero-order valence-electron chi connectivity index (χ0n) is 15.4. The number of pyridine rings is 1. The van der Waals surface area contributed by atoms with Crippen molar-refractivity contribution in [2.24, 2.45) is 0 Å². The Bertz CT molecular complexity index is 1110. The third-order valence-corrected chi connectivity index (χ3v) is 5.95. The number of aromatic nitrogens is 2. The van der Waals surface area contributed by atoms with Crippen LogP contribution in [0, 0.1) is 0 Å². The molecular weight excluding hydrogens is 503 g/mol. The van der Waals surface area contributed by atoms with Gasteiger partial charge >= 0.3 is 6.03 Å². The fourth-order valence-electron chi connectivity index (χ4n) is 3.32. The molecule has 0 unspecified atom stereocenters. The molecule has 6 nitrogen and oxygen atoms in total. The number of H-pyrrole nitrogens is 1. The van der Waals surface area contributed by atoms with Crippen LogP contribution >= 0.6 is 39.1 Å². The van der Waals surface area contributed by atoms with Gasteiger partial charge in [-0.1, -0.05) is 23.2 Å². The molecule has 0 bridgehead atoms. The van der Waals surface area contributed by atoms with E-state index in [4.69, 9.17) is 23.2 Å². The summed E-state index contributed by atoms with van der Waals surface area (Å²) in [5.41, 5.74) is 1.73. The fraction of sp³-hybridized carbons (Fsp3) is 0.263. The van der Waals surface area contributed by atoms with Crippen molar-refractivity contribution < 1.29 is 13.6 Å². The summed E-state index contributed by atoms with van der Waals surface area (Å²) < 4.78 is 27.5. The maximum atomic E-state index is 13.4. The number of nitrogens with zero attached hydrogens (tertiary/aromatic N) is 2. The van der Waals surface area contributed by atoms with Crippen LogP contribution in [-0.4, -0.2) is 35.0 Å². The number of fused-ring (bicyclic) bond motifs is 1. The number of halogens is 5. The van der Waals surface area contributed by atoms with Gasteiger partial charge in [0.1, 0.15) is 5.82 Å². The highest BCUT2D eigenvalue weighted by Gasteiger charge is 2.34. The van der Waals surface area contributed by atoms with E-state index in [1.165, 1.54) is 6.20 Å². The molecule has 3 N–H and O–H groups in total. The summed E-state index contributed by atoms with van der Waals surface area (Å²) >= 11 is 15.8. The van der Waals surface area contributed by atoms with Crippen molar-refractivity contribution in [2.75, 3.05) is 28.6 Å². The van der Waals surface area contributed by atoms with Gasteiger partial charge in [-0.2, -0.15) is 0 Å². The largest absolute Gasteiger partial charge is 0.358 e. The molecule has 4 rings (SSSR count). The molecule has 1 aliphatic heterocycles. The number of aromatic amines is 1. The van der Waals surface area contributed by atoms with Gasteiger partial charge in [-0.05, 0) is 34.1 Å². The van der Waals surface area contributed by atoms with Crippen molar-refractivity contribution in [2.45, 2.75) is 18.8 Å². The predicted octanol–water partition coefficient (Wildman–Crippen LogP) is 6.51. The van der Waals surface area contributed by atoms with Crippen LogP contribution in [-0.2, 0) is 0 Å². The lowest BCUT2D eigenvalue weighted by atomic mass is 10.1. The molecule has 1 fully saturated rings. The van der Waals surface area contributed by atoms with Gasteiger partial charge in [0.15, 0.2) is 0 Å². The molecule has 2 aromatic heterocycles. The maximum absolute atomic E-state index is 13.4. The molecule has 30 heavy (non-hydrogen) atoms. The molecule has 0 spiro atoms. The lowest BCUT2D eigenvalue weighted by molar-refractivity contribution is -0.0221. The average molecular weight is 519 g/mol. The van der Waals surface area contributed by atoms with Crippen molar-refractivity contribution in [3.63, 3.8) is 0 Å². The Morgan fingerprint density at radius 2 is 1.93 bits per heavy atom. The molecule has 0 radical (unpaired) electrons. The zero-order chi connectivity index (χ0) is 21.5. The molecule has 2 amide bonds. The molecule has 1 aliphatic rings. The van der Waals surface area contributed by atoms with Crippen LogP contribution < -0.4 is 15.5 Å². The summed E-state index contributed by atoms with van der Waals surface area (Å²) in [6.07, 6.45) is 2.62. The number of urea groups is 1. The number of amides is 2. The zero-order valence-corrected chi connectivity index (χ0v) is 18.5. The van der Waals surface area contributed by atoms with Crippen LogP contribution in [0.3, 0.4) is 0 Å². The van der Waals surface area contributed by atoms with Crippen molar-refractivity contribution in [1.29, 1.82) is 0 Å². The number of carbonyl (C=O) groups is 1. The minimum Gasteiger partial charge on any atom is -0.358 e. The van der Waals surface area contributed by atoms with Crippen molar-refractivity contribution >= 4 is 73.3 Å². The van der Waals surface area contributed by atoms with Gasteiger partial charge in [0, 0.05) is 47.0 Å². The number of alkyl halides is 2. The normalized spacial score (nSPS) is 16.0. The third kappa shape index (κ3) is 4.48. The van der Waals surface area contributed by atoms with Gasteiger partial charge in [-0.3, -0.25) is 0 Å². The highest BCUT2D eigenvalue weighted by Crippen LogP contribution is 2.34. The first-order valence-corrected chi connectivity index (χ1v) is 10.6. The number of benzene rings is 1. The van der Waals surface area contributed by atoms with E-state index in [1.54, 1.807) is 29.3 Å². The Hall–Kier alpha value is -2.10. The minimum absolute atomic E-state index is 0.172. The molecule has 11 heteroatoms. The first kappa shape index (κ1) is 21.1. The average Bonchev–Trinajstić information content (AvgIpc) is 3.05. The van der Waals surface area contributed by atoms with E-state index in [9.17, 15) is 13.6 Å². The summed E-state index contributed by atoms with van der Waals surface area (Å²) in [4.78, 5) is 21.5. The summed E-state index contributed by atoms with van der Waals surface area (Å²) in [7, 11) is 0. The number of hydrogen-bond donors (Lipinski definition) is 3. The Balaban J connectivity index is 1.45. The molecule has 3 aromatic rings. The van der Waals surface area contributed by atoms with Crippen LogP contribution in [0.5, 0.6) is 0 Å². The van der Waals surface area contributed by atoms with Crippen LogP contribution in [0.25, 0.3) is 10.9 Å². The van der Waals surface area contributed by atoms with Crippen molar-refractivity contribution in [1.82, 2.24) is 9.97 Å². The van der Waals surface area contributed by atoms with Crippen LogP contribution in [0.2, 0.25) is 10.0 Å². The predicted molar refractivity (Wildman–Crippen MR) is 119 cm³/mol. The van der Waals surface area contributed by atoms with Crippen LogP contribution in [0.15, 0.2) is 35.1 Å². The Morgan fingerprint density at radius 1 is 1.20 bits per heavy atom. The molecule has 1 aromatic carbocycles. The minimum atomic E-state index is -2.65. The van der Waals surface area contributed by atoms with Gasteiger partial charge in [0.2, 0.25) is 0 Å². The second-order valence-corrected chi connectivity index (χ2v) is 8.66. The maximum Gasteiger partial charge on any atom is 0.323 e. The lowest BCUT2D eigenvalue weighted by Gasteiger charge is -2.33. The number of piperidine rings is 1. The third-order valence-electron chi connectivity index (χ3n) is 4.83.